The highest BCUT2D eigenvalue weighted by atomic mass is 16.8. The van der Waals surface area contributed by atoms with Crippen LogP contribution in [-0.2, 0) is 73.8 Å². The molecule has 9 atom stereocenters. The summed E-state index contributed by atoms with van der Waals surface area (Å²) in [7, 11) is 0. The molecule has 0 radical (unpaired) electrons. The smallest absolute Gasteiger partial charge is 0.338 e. The highest BCUT2D eigenvalue weighted by Gasteiger charge is 2.62. The molecule has 2 heterocycles. The van der Waals surface area contributed by atoms with E-state index in [0.717, 1.165) is 22.3 Å². The van der Waals surface area contributed by atoms with Crippen LogP contribution in [0, 0.1) is 0 Å². The second-order valence-corrected chi connectivity index (χ2v) is 18.0. The molecule has 7 aromatic carbocycles. The molecule has 2 fully saturated rings. The molecule has 14 heteroatoms. The van der Waals surface area contributed by atoms with Gasteiger partial charge in [-0.3, -0.25) is 0 Å². The van der Waals surface area contributed by atoms with Gasteiger partial charge in [-0.2, -0.15) is 0 Å². The van der Waals surface area contributed by atoms with Gasteiger partial charge >= 0.3 is 17.9 Å². The molecule has 0 aliphatic carbocycles. The van der Waals surface area contributed by atoms with Crippen molar-refractivity contribution in [1.82, 2.24) is 0 Å². The molecule has 0 aromatic heterocycles. The average Bonchev–Trinajstić information content (AvgIpc) is 3.73. The molecule has 0 unspecified atom stereocenters. The van der Waals surface area contributed by atoms with Gasteiger partial charge in [0.15, 0.2) is 18.5 Å². The highest BCUT2D eigenvalue weighted by molar-refractivity contribution is 5.90. The standard InChI is InChI=1S/C61H58O14/c62-56-53(73-59(65)49-34-20-7-21-35-49)51(41-70-57(63)47-30-16-5-17-31-47)74-61(56,42-71-58(64)48-32-18-6-19-33-48)75-60-55(69-39-46-28-14-4-15-29-46)54(68-38-45-26-12-3-13-27-45)52(67-37-44-24-10-2-11-25-44)50(72-60)40-66-36-43-22-8-1-9-23-43/h1-35,50-56,60,62H,36-42H2/t50-,51-,52-,53-,54+,55-,56-,60-,61+/m1/s1. The lowest BCUT2D eigenvalue weighted by Gasteiger charge is -2.48. The normalized spacial score (nSPS) is 23.2. The first kappa shape index (κ1) is 52.5. The molecule has 9 rings (SSSR count). The van der Waals surface area contributed by atoms with Crippen molar-refractivity contribution in [1.29, 1.82) is 0 Å². The summed E-state index contributed by atoms with van der Waals surface area (Å²) in [5, 5.41) is 12.8. The number of aliphatic hydroxyl groups excluding tert-OH is 1. The van der Waals surface area contributed by atoms with E-state index in [0.29, 0.717) is 0 Å². The van der Waals surface area contributed by atoms with Crippen molar-refractivity contribution in [2.75, 3.05) is 19.8 Å². The van der Waals surface area contributed by atoms with Crippen molar-refractivity contribution in [2.24, 2.45) is 0 Å². The summed E-state index contributed by atoms with van der Waals surface area (Å²) in [6.45, 7) is -0.838. The zero-order valence-corrected chi connectivity index (χ0v) is 41.0. The average molecular weight is 1020 g/mol. The van der Waals surface area contributed by atoms with E-state index in [-0.39, 0.29) is 49.7 Å². The zero-order chi connectivity index (χ0) is 51.7. The first-order valence-corrected chi connectivity index (χ1v) is 24.8. The SMILES string of the molecule is O=C(OC[C@H]1O[C@@](COC(=O)c2ccccc2)(O[C@H]2O[C@H](COCc3ccccc3)[C@@H](OCc3ccccc3)[C@H](OCc3ccccc3)[C@H]2OCc2ccccc2)[C@H](O)[C@@H]1OC(=O)c1ccccc1)c1ccccc1. The summed E-state index contributed by atoms with van der Waals surface area (Å²) < 4.78 is 65.7. The van der Waals surface area contributed by atoms with E-state index in [9.17, 15) is 19.5 Å². The Hall–Kier alpha value is -7.37. The minimum Gasteiger partial charge on any atom is -0.459 e. The van der Waals surface area contributed by atoms with E-state index in [4.69, 9.17) is 47.4 Å². The van der Waals surface area contributed by atoms with Crippen LogP contribution in [0.15, 0.2) is 212 Å². The molecule has 0 bridgehead atoms. The van der Waals surface area contributed by atoms with E-state index in [1.807, 2.05) is 121 Å². The second kappa shape index (κ2) is 26.2. The molecule has 14 nitrogen and oxygen atoms in total. The third-order valence-electron chi connectivity index (χ3n) is 12.7. The van der Waals surface area contributed by atoms with Gasteiger partial charge in [-0.05, 0) is 58.7 Å². The number of hydrogen-bond donors (Lipinski definition) is 1. The minimum absolute atomic E-state index is 0.0370. The van der Waals surface area contributed by atoms with Crippen molar-refractivity contribution >= 4 is 17.9 Å². The van der Waals surface area contributed by atoms with Gasteiger partial charge < -0.3 is 52.5 Å². The Bertz CT molecular complexity index is 2830. The van der Waals surface area contributed by atoms with Crippen LogP contribution in [0.2, 0.25) is 0 Å². The molecule has 0 saturated carbocycles. The van der Waals surface area contributed by atoms with E-state index in [2.05, 4.69) is 0 Å². The molecule has 0 spiro atoms. The molecular weight excluding hydrogens is 957 g/mol. The number of carbonyl (C=O) groups is 3. The lowest BCUT2D eigenvalue weighted by atomic mass is 9.97. The molecule has 7 aromatic rings. The van der Waals surface area contributed by atoms with Gasteiger partial charge in [0.25, 0.3) is 0 Å². The Labute approximate surface area is 435 Å². The number of carbonyl (C=O) groups excluding carboxylic acids is 3. The quantitative estimate of drug-likeness (QED) is 0.0477. The van der Waals surface area contributed by atoms with Crippen LogP contribution >= 0.6 is 0 Å². The highest BCUT2D eigenvalue weighted by Crippen LogP contribution is 2.41. The Kier molecular flexibility index (Phi) is 18.3. The van der Waals surface area contributed by atoms with E-state index in [1.54, 1.807) is 91.0 Å². The topological polar surface area (TPSA) is 164 Å². The van der Waals surface area contributed by atoms with Gasteiger partial charge in [0.2, 0.25) is 5.79 Å². The van der Waals surface area contributed by atoms with E-state index >= 15 is 0 Å². The van der Waals surface area contributed by atoms with Crippen LogP contribution < -0.4 is 0 Å². The van der Waals surface area contributed by atoms with Gasteiger partial charge in [0.05, 0.1) is 49.7 Å². The number of hydrogen-bond acceptors (Lipinski definition) is 14. The molecule has 2 aliphatic rings. The second-order valence-electron chi connectivity index (χ2n) is 18.0. The van der Waals surface area contributed by atoms with Crippen LogP contribution in [0.3, 0.4) is 0 Å². The largest absolute Gasteiger partial charge is 0.459 e. The molecule has 0 amide bonds. The number of rotatable bonds is 23. The summed E-state index contributed by atoms with van der Waals surface area (Å²) in [5.41, 5.74) is 4.08. The fourth-order valence-electron chi connectivity index (χ4n) is 8.81. The Morgan fingerprint density at radius 3 is 1.31 bits per heavy atom. The van der Waals surface area contributed by atoms with Crippen molar-refractivity contribution in [3.63, 3.8) is 0 Å². The van der Waals surface area contributed by atoms with Crippen LogP contribution in [0.4, 0.5) is 0 Å². The summed E-state index contributed by atoms with van der Waals surface area (Å²) in [6, 6.07) is 63.1. The maximum absolute atomic E-state index is 13.9. The summed E-state index contributed by atoms with van der Waals surface area (Å²) in [6.07, 6.45) is -10.4. The summed E-state index contributed by atoms with van der Waals surface area (Å²) >= 11 is 0. The number of ether oxygens (including phenoxy) is 10. The first-order chi connectivity index (χ1) is 36.8. The van der Waals surface area contributed by atoms with E-state index < -0.39 is 85.9 Å². The molecule has 1 N–H and O–H groups in total. The molecule has 2 aliphatic heterocycles. The van der Waals surface area contributed by atoms with Crippen LogP contribution in [0.25, 0.3) is 0 Å². The van der Waals surface area contributed by atoms with Gasteiger partial charge in [0.1, 0.15) is 43.7 Å². The molecule has 75 heavy (non-hydrogen) atoms. The van der Waals surface area contributed by atoms with Crippen molar-refractivity contribution < 1.29 is 66.9 Å². The van der Waals surface area contributed by atoms with Gasteiger partial charge in [0, 0.05) is 0 Å². The number of esters is 3. The van der Waals surface area contributed by atoms with E-state index in [1.165, 1.54) is 0 Å². The Morgan fingerprint density at radius 1 is 0.427 bits per heavy atom. The first-order valence-electron chi connectivity index (χ1n) is 24.8. The summed E-state index contributed by atoms with van der Waals surface area (Å²) in [4.78, 5) is 41.3. The van der Waals surface area contributed by atoms with Crippen molar-refractivity contribution in [2.45, 2.75) is 81.2 Å². The number of benzene rings is 7. The maximum atomic E-state index is 13.9. The van der Waals surface area contributed by atoms with Crippen molar-refractivity contribution in [3.8, 4) is 0 Å². The number of aliphatic hydroxyl groups is 1. The maximum Gasteiger partial charge on any atom is 0.338 e. The third-order valence-corrected chi connectivity index (χ3v) is 12.7. The third kappa shape index (κ3) is 14.1. The fraction of sp³-hybridized carbons (Fsp3) is 0.262. The lowest BCUT2D eigenvalue weighted by molar-refractivity contribution is -0.393. The summed E-state index contributed by atoms with van der Waals surface area (Å²) in [5.74, 6) is -4.72. The lowest BCUT2D eigenvalue weighted by Crippen LogP contribution is -2.64. The van der Waals surface area contributed by atoms with Gasteiger partial charge in [-0.15, -0.1) is 0 Å². The zero-order valence-electron chi connectivity index (χ0n) is 41.0. The fourth-order valence-corrected chi connectivity index (χ4v) is 8.81. The van der Waals surface area contributed by atoms with Crippen LogP contribution in [0.1, 0.15) is 53.3 Å². The van der Waals surface area contributed by atoms with Crippen LogP contribution in [0.5, 0.6) is 0 Å². The Balaban J connectivity index is 1.12. The monoisotopic (exact) mass is 1010 g/mol. The van der Waals surface area contributed by atoms with Gasteiger partial charge in [-0.25, -0.2) is 14.4 Å². The minimum atomic E-state index is -2.41. The molecule has 2 saturated heterocycles. The van der Waals surface area contributed by atoms with Crippen molar-refractivity contribution in [3.05, 3.63) is 251 Å². The molecule has 386 valence electrons. The van der Waals surface area contributed by atoms with Crippen LogP contribution in [-0.4, -0.2) is 97.6 Å². The predicted molar refractivity (Wildman–Crippen MR) is 274 cm³/mol. The predicted octanol–water partition coefficient (Wildman–Crippen LogP) is 9.10. The molecular formula is C61H58O14. The van der Waals surface area contributed by atoms with Gasteiger partial charge in [-0.1, -0.05) is 176 Å². The Morgan fingerprint density at radius 2 is 0.827 bits per heavy atom.